The summed E-state index contributed by atoms with van der Waals surface area (Å²) in [5.74, 6) is 0.166. The first kappa shape index (κ1) is 29.3. The van der Waals surface area contributed by atoms with Gasteiger partial charge in [-0.3, -0.25) is 19.9 Å². The summed E-state index contributed by atoms with van der Waals surface area (Å²) in [7, 11) is -3.53. The van der Waals surface area contributed by atoms with Crippen LogP contribution in [0.2, 0.25) is 0 Å². The molecule has 0 aliphatic carbocycles. The molecule has 2 heterocycles. The predicted molar refractivity (Wildman–Crippen MR) is 160 cm³/mol. The molecule has 1 saturated heterocycles. The van der Waals surface area contributed by atoms with E-state index in [4.69, 9.17) is 10.1 Å². The zero-order valence-corrected chi connectivity index (χ0v) is 24.8. The van der Waals surface area contributed by atoms with Gasteiger partial charge in [-0.15, -0.1) is 0 Å². The number of carbonyl (C=O) groups excluding carboxylic acids is 2. The molecule has 0 aromatic heterocycles. The van der Waals surface area contributed by atoms with Crippen LogP contribution in [0.5, 0.6) is 5.75 Å². The highest BCUT2D eigenvalue weighted by molar-refractivity contribution is 7.90. The molecule has 2 atom stereocenters. The Balaban J connectivity index is 1.53. The van der Waals surface area contributed by atoms with Crippen LogP contribution in [0, 0.1) is 5.41 Å². The first-order valence-electron chi connectivity index (χ1n) is 14.2. The number of ether oxygens (including phenoxy) is 1. The maximum absolute atomic E-state index is 13.7. The number of benzene rings is 3. The van der Waals surface area contributed by atoms with Crippen molar-refractivity contribution in [3.63, 3.8) is 0 Å². The minimum Gasteiger partial charge on any atom is -0.493 e. The van der Waals surface area contributed by atoms with Crippen LogP contribution in [0.4, 0.5) is 0 Å². The van der Waals surface area contributed by atoms with Crippen LogP contribution in [0.25, 0.3) is 0 Å². The molecule has 2 aliphatic rings. The van der Waals surface area contributed by atoms with Crippen molar-refractivity contribution in [1.82, 2.24) is 15.5 Å². The van der Waals surface area contributed by atoms with Crippen LogP contribution < -0.4 is 15.4 Å². The smallest absolute Gasteiger partial charge is 0.251 e. The Labute approximate surface area is 246 Å². The first-order valence-corrected chi connectivity index (χ1v) is 16.1. The molecule has 3 N–H and O–H groups in total. The molecule has 10 heteroatoms. The van der Waals surface area contributed by atoms with E-state index in [0.717, 1.165) is 17.6 Å². The van der Waals surface area contributed by atoms with Gasteiger partial charge in [0.2, 0.25) is 5.91 Å². The second-order valence-electron chi connectivity index (χ2n) is 11.0. The lowest BCUT2D eigenvalue weighted by Gasteiger charge is -2.45. The van der Waals surface area contributed by atoms with Gasteiger partial charge < -0.3 is 15.4 Å². The zero-order chi connectivity index (χ0) is 30.1. The molecule has 3 aromatic carbocycles. The zero-order valence-electron chi connectivity index (χ0n) is 24.0. The van der Waals surface area contributed by atoms with Crippen molar-refractivity contribution in [2.24, 2.45) is 0 Å². The van der Waals surface area contributed by atoms with E-state index in [2.05, 4.69) is 10.6 Å². The van der Waals surface area contributed by atoms with Crippen molar-refractivity contribution in [2.45, 2.75) is 62.0 Å². The van der Waals surface area contributed by atoms with Gasteiger partial charge in [0.05, 0.1) is 30.0 Å². The molecule has 1 fully saturated rings. The molecule has 1 unspecified atom stereocenters. The second kappa shape index (κ2) is 11.6. The van der Waals surface area contributed by atoms with E-state index < -0.39 is 21.4 Å². The fraction of sp³-hybridized carbons (Fsp3) is 0.344. The van der Waals surface area contributed by atoms with Gasteiger partial charge in [0.1, 0.15) is 5.75 Å². The number of fused-ring (bicyclic) bond motifs is 1. The Morgan fingerprint density at radius 1 is 1.07 bits per heavy atom. The summed E-state index contributed by atoms with van der Waals surface area (Å²) in [5.41, 5.74) is 1.89. The number of guanidine groups is 1. The van der Waals surface area contributed by atoms with Crippen molar-refractivity contribution in [3.05, 3.63) is 95.1 Å². The Kier molecular flexibility index (Phi) is 8.10. The lowest BCUT2D eigenvalue weighted by Crippen LogP contribution is -2.62. The lowest BCUT2D eigenvalue weighted by atomic mass is 9.85. The monoisotopic (exact) mass is 588 g/mol. The van der Waals surface area contributed by atoms with E-state index in [0.29, 0.717) is 42.6 Å². The fourth-order valence-electron chi connectivity index (χ4n) is 5.79. The molecule has 0 spiro atoms. The molecular formula is C32H36N4O5S. The minimum absolute atomic E-state index is 0.0571. The number of nitrogens with one attached hydrogen (secondary N) is 3. The third kappa shape index (κ3) is 5.76. The van der Waals surface area contributed by atoms with E-state index >= 15 is 0 Å². The first-order chi connectivity index (χ1) is 20.0. The molecule has 9 nitrogen and oxygen atoms in total. The average molecular weight is 589 g/mol. The maximum atomic E-state index is 13.7. The fourth-order valence-corrected chi connectivity index (χ4v) is 6.47. The highest BCUT2D eigenvalue weighted by atomic mass is 32.2. The number of sulfone groups is 1. The number of amides is 2. The standard InChI is InChI=1S/C32H36N4O5S/c1-4-32(5-2)20-28(37)36(31(33)35-32)29(22-11-9-13-24(19-22)42(3,39)40)21-10-8-12-23(18-21)30(38)34-26-16-17-41-27-15-7-6-14-25(26)27/h6-15,18-19,26,29H,4-5,16-17,20H2,1-3H3,(H2,33,35)(H,34,38)/t26-,29?/m0/s1. The van der Waals surface area contributed by atoms with Gasteiger partial charge in [-0.05, 0) is 54.3 Å². The highest BCUT2D eigenvalue weighted by Crippen LogP contribution is 2.36. The summed E-state index contributed by atoms with van der Waals surface area (Å²) in [6, 6.07) is 19.9. The van der Waals surface area contributed by atoms with Crippen LogP contribution in [-0.4, -0.2) is 49.5 Å². The number of carbonyl (C=O) groups is 2. The molecular weight excluding hydrogens is 552 g/mol. The third-order valence-corrected chi connectivity index (χ3v) is 9.44. The summed E-state index contributed by atoms with van der Waals surface area (Å²) in [4.78, 5) is 28.7. The summed E-state index contributed by atoms with van der Waals surface area (Å²) in [6.07, 6.45) is 3.29. The summed E-state index contributed by atoms with van der Waals surface area (Å²) in [6.45, 7) is 4.46. The van der Waals surface area contributed by atoms with E-state index in [9.17, 15) is 18.0 Å². The molecule has 5 rings (SSSR count). The molecule has 42 heavy (non-hydrogen) atoms. The second-order valence-corrected chi connectivity index (χ2v) is 13.0. The lowest BCUT2D eigenvalue weighted by molar-refractivity contribution is -0.132. The Morgan fingerprint density at radius 3 is 2.45 bits per heavy atom. The van der Waals surface area contributed by atoms with E-state index in [-0.39, 0.29) is 35.1 Å². The summed E-state index contributed by atoms with van der Waals surface area (Å²) in [5, 5.41) is 15.3. The Bertz CT molecular complexity index is 1610. The summed E-state index contributed by atoms with van der Waals surface area (Å²) < 4.78 is 30.6. The molecule has 0 bridgehead atoms. The van der Waals surface area contributed by atoms with Crippen molar-refractivity contribution in [1.29, 1.82) is 5.41 Å². The largest absolute Gasteiger partial charge is 0.493 e. The topological polar surface area (TPSA) is 129 Å². The minimum atomic E-state index is -3.53. The van der Waals surface area contributed by atoms with Gasteiger partial charge in [0.25, 0.3) is 5.91 Å². The summed E-state index contributed by atoms with van der Waals surface area (Å²) >= 11 is 0. The van der Waals surface area contributed by atoms with Crippen LogP contribution in [0.15, 0.2) is 77.7 Å². The number of hydrogen-bond donors (Lipinski definition) is 3. The van der Waals surface area contributed by atoms with Gasteiger partial charge in [0, 0.05) is 29.3 Å². The van der Waals surface area contributed by atoms with Gasteiger partial charge >= 0.3 is 0 Å². The van der Waals surface area contributed by atoms with Crippen molar-refractivity contribution >= 4 is 27.6 Å². The third-order valence-electron chi connectivity index (χ3n) is 8.32. The van der Waals surface area contributed by atoms with Crippen LogP contribution in [-0.2, 0) is 14.6 Å². The Hall–Kier alpha value is -4.18. The molecule has 0 saturated carbocycles. The highest BCUT2D eigenvalue weighted by Gasteiger charge is 2.42. The van der Waals surface area contributed by atoms with Crippen LogP contribution in [0.3, 0.4) is 0 Å². The van der Waals surface area contributed by atoms with Gasteiger partial charge in [-0.25, -0.2) is 8.42 Å². The van der Waals surface area contributed by atoms with Crippen molar-refractivity contribution < 1.29 is 22.7 Å². The quantitative estimate of drug-likeness (QED) is 0.349. The van der Waals surface area contributed by atoms with Gasteiger partial charge in [-0.1, -0.05) is 56.3 Å². The average Bonchev–Trinajstić information content (AvgIpc) is 2.98. The SMILES string of the molecule is CCC1(CC)CC(=O)N(C(c2cccc(C(=O)N[C@H]3CCOc4ccccc43)c2)c2cccc(S(C)(=O)=O)c2)C(=N)N1. The van der Waals surface area contributed by atoms with E-state index in [1.165, 1.54) is 17.0 Å². The predicted octanol–water partition coefficient (Wildman–Crippen LogP) is 4.75. The maximum Gasteiger partial charge on any atom is 0.251 e. The number of para-hydroxylation sites is 1. The normalized spacial score (nSPS) is 18.8. The van der Waals surface area contributed by atoms with E-state index in [1.54, 1.807) is 36.4 Å². The molecule has 0 radical (unpaired) electrons. The number of hydrogen-bond acceptors (Lipinski definition) is 6. The van der Waals surface area contributed by atoms with Crippen LogP contribution in [0.1, 0.15) is 78.7 Å². The molecule has 2 aliphatic heterocycles. The van der Waals surface area contributed by atoms with E-state index in [1.807, 2.05) is 38.1 Å². The molecule has 2 amide bonds. The van der Waals surface area contributed by atoms with Gasteiger partial charge in [0.15, 0.2) is 15.8 Å². The molecule has 3 aromatic rings. The van der Waals surface area contributed by atoms with Crippen LogP contribution >= 0.6 is 0 Å². The molecule has 220 valence electrons. The number of rotatable bonds is 8. The van der Waals surface area contributed by atoms with Gasteiger partial charge in [-0.2, -0.15) is 0 Å². The van der Waals surface area contributed by atoms with Crippen molar-refractivity contribution in [2.75, 3.05) is 12.9 Å². The number of nitrogens with zero attached hydrogens (tertiary/aromatic N) is 1. The van der Waals surface area contributed by atoms with Crippen molar-refractivity contribution in [3.8, 4) is 5.75 Å². The Morgan fingerprint density at radius 2 is 1.76 bits per heavy atom.